The Balaban J connectivity index is 1.67. The van der Waals surface area contributed by atoms with Crippen LogP contribution < -0.4 is 5.31 Å². The van der Waals surface area contributed by atoms with Crippen molar-refractivity contribution in [3.8, 4) is 11.4 Å². The smallest absolute Gasteiger partial charge is 0.268 e. The zero-order valence-electron chi connectivity index (χ0n) is 23.7. The number of hydrogen-bond donors (Lipinski definition) is 1. The predicted octanol–water partition coefficient (Wildman–Crippen LogP) is 2.86. The molecular formula is C23H21N7O3S. The van der Waals surface area contributed by atoms with E-state index in [9.17, 15) is 14.9 Å². The van der Waals surface area contributed by atoms with E-state index in [4.69, 9.17) is 7.52 Å². The maximum atomic E-state index is 13.5. The van der Waals surface area contributed by atoms with Gasteiger partial charge in [-0.15, -0.1) is 0 Å². The second-order valence-electron chi connectivity index (χ2n) is 7.29. The summed E-state index contributed by atoms with van der Waals surface area (Å²) in [7, 11) is 0. The highest BCUT2D eigenvalue weighted by atomic mass is 32.2. The molecule has 1 N–H and O–H groups in total. The van der Waals surface area contributed by atoms with Crippen molar-refractivity contribution >= 4 is 34.2 Å². The number of allylic oxidation sites excluding steroid dienone is 2. The lowest BCUT2D eigenvalue weighted by Gasteiger charge is -2.10. The van der Waals surface area contributed by atoms with Gasteiger partial charge in [0, 0.05) is 28.4 Å². The second-order valence-corrected chi connectivity index (χ2v) is 8.39. The molecule has 1 aromatic carbocycles. The molecule has 4 heterocycles. The molecule has 0 aliphatic carbocycles. The van der Waals surface area contributed by atoms with Gasteiger partial charge >= 0.3 is 0 Å². The third kappa shape index (κ3) is 4.28. The summed E-state index contributed by atoms with van der Waals surface area (Å²) in [6, 6.07) is 10.4. The maximum absolute atomic E-state index is 13.5. The number of aryl methyl sites for hydroxylation is 1. The fraction of sp³-hybridized carbons (Fsp3) is 0.0870. The number of carbonyl (C=O) groups excluding carboxylic acids is 1. The summed E-state index contributed by atoms with van der Waals surface area (Å²) in [6.45, 7) is 2.07. The second kappa shape index (κ2) is 8.87. The van der Waals surface area contributed by atoms with Gasteiger partial charge in [0.1, 0.15) is 5.82 Å². The Morgan fingerprint density at radius 3 is 2.76 bits per heavy atom. The molecule has 10 nitrogen and oxygen atoms in total. The first-order valence-corrected chi connectivity index (χ1v) is 11.0. The van der Waals surface area contributed by atoms with E-state index in [0.717, 1.165) is 11.3 Å². The average Bonchev–Trinajstić information content (AvgIpc) is 3.36. The normalized spacial score (nSPS) is 20.3. The van der Waals surface area contributed by atoms with Gasteiger partial charge in [-0.25, -0.2) is 26.1 Å². The van der Waals surface area contributed by atoms with E-state index >= 15 is 0 Å². The maximum Gasteiger partial charge on any atom is 0.268 e. The molecule has 0 saturated heterocycles. The van der Waals surface area contributed by atoms with Gasteiger partial charge in [0.15, 0.2) is 12.9 Å². The third-order valence-corrected chi connectivity index (χ3v) is 5.93. The van der Waals surface area contributed by atoms with Gasteiger partial charge in [0.25, 0.3) is 10.9 Å². The van der Waals surface area contributed by atoms with Crippen molar-refractivity contribution in [2.45, 2.75) is 13.5 Å². The van der Waals surface area contributed by atoms with Gasteiger partial charge in [-0.1, -0.05) is 30.3 Å². The van der Waals surface area contributed by atoms with Crippen LogP contribution in [0.5, 0.6) is 0 Å². The highest BCUT2D eigenvalue weighted by Crippen LogP contribution is 2.33. The number of aromatic nitrogens is 5. The van der Waals surface area contributed by atoms with Crippen LogP contribution in [-0.2, 0) is 11.3 Å². The average molecular weight is 482 g/mol. The van der Waals surface area contributed by atoms with E-state index in [1.54, 1.807) is 19.1 Å². The van der Waals surface area contributed by atoms with Crippen molar-refractivity contribution < 1.29 is 13.9 Å². The fourth-order valence-electron chi connectivity index (χ4n) is 3.24. The van der Waals surface area contributed by atoms with Crippen LogP contribution in [0.15, 0.2) is 76.9 Å². The Kier molecular flexibility index (Phi) is 4.03. The van der Waals surface area contributed by atoms with Crippen LogP contribution in [-0.4, -0.2) is 38.9 Å². The number of fused-ring (bicyclic) bond motifs is 1. The summed E-state index contributed by atoms with van der Waals surface area (Å²) in [5.74, 6) is -1.81. The summed E-state index contributed by atoms with van der Waals surface area (Å²) in [5, 5.41) is 14.7. The molecule has 5 rings (SSSR count). The highest BCUT2D eigenvalue weighted by molar-refractivity contribution is 8.07. The van der Waals surface area contributed by atoms with Gasteiger partial charge < -0.3 is 5.31 Å². The van der Waals surface area contributed by atoms with Crippen molar-refractivity contribution in [1.29, 1.82) is 3.37 Å². The molecule has 0 spiro atoms. The van der Waals surface area contributed by atoms with Crippen molar-refractivity contribution in [3.63, 3.8) is 0 Å². The van der Waals surface area contributed by atoms with Crippen LogP contribution in [0, 0.1) is 17.0 Å². The summed E-state index contributed by atoms with van der Waals surface area (Å²) in [6.07, 6.45) is 2.82. The van der Waals surface area contributed by atoms with Crippen LogP contribution in [0.4, 0.5) is 5.82 Å². The van der Waals surface area contributed by atoms with E-state index in [1.807, 2.05) is 30.3 Å². The third-order valence-electron chi connectivity index (χ3n) is 4.91. The molecule has 172 valence electrons. The molecule has 3 aromatic heterocycles. The van der Waals surface area contributed by atoms with E-state index in [-0.39, 0.29) is 34.5 Å². The van der Waals surface area contributed by atoms with Crippen molar-refractivity contribution in [2.24, 2.45) is 0 Å². The first kappa shape index (κ1) is 15.5. The van der Waals surface area contributed by atoms with Crippen LogP contribution >= 0.6 is 11.5 Å². The van der Waals surface area contributed by atoms with Crippen LogP contribution in [0.25, 0.3) is 22.4 Å². The molecular weight excluding hydrogens is 454 g/mol. The lowest BCUT2D eigenvalue weighted by molar-refractivity contribution is -0.410. The van der Waals surface area contributed by atoms with E-state index in [1.165, 1.54) is 17.1 Å². The quantitative estimate of drug-likeness (QED) is 0.331. The molecule has 0 radical (unpaired) electrons. The molecule has 0 atom stereocenters. The Labute approximate surface area is 205 Å². The van der Waals surface area contributed by atoms with Gasteiger partial charge in [-0.2, -0.15) is 5.10 Å². The number of pyridine rings is 1. The molecule has 1 aliphatic heterocycles. The SMILES string of the molecule is [2H]C1=C(C(=O)N([2H])c2nc(-c3ccc(C)nc3)nc3c2cnn3Cc2ccccc2)[SH]([2H])([2H])([2H])C([N+](=O)[O-])=C1[2H]. The Morgan fingerprint density at radius 1 is 1.24 bits per heavy atom. The fourth-order valence-corrected chi connectivity index (χ4v) is 3.90. The molecule has 4 aromatic rings. The van der Waals surface area contributed by atoms with Crippen molar-refractivity contribution in [3.05, 3.63) is 98.3 Å². The van der Waals surface area contributed by atoms with E-state index in [2.05, 4.69) is 20.1 Å². The Hall–Kier alpha value is -4.38. The molecule has 0 fully saturated rings. The molecule has 11 heteroatoms. The van der Waals surface area contributed by atoms with Gasteiger partial charge in [0.05, 0.1) is 29.2 Å². The lowest BCUT2D eigenvalue weighted by atomic mass is 10.2. The molecule has 0 unspecified atom stereocenters. The van der Waals surface area contributed by atoms with Crippen LogP contribution in [0.1, 0.15) is 14.0 Å². The molecule has 1 amide bonds. The van der Waals surface area contributed by atoms with Crippen molar-refractivity contribution in [2.75, 3.05) is 5.31 Å². The highest BCUT2D eigenvalue weighted by Gasteiger charge is 2.22. The first-order chi connectivity index (χ1) is 18.8. The molecule has 0 bridgehead atoms. The van der Waals surface area contributed by atoms with Crippen LogP contribution in [0.3, 0.4) is 0 Å². The minimum atomic E-state index is -6.09. The number of rotatable bonds is 6. The number of benzene rings is 1. The number of hydrogen-bond acceptors (Lipinski definition) is 7. The van der Waals surface area contributed by atoms with Gasteiger partial charge in [-0.05, 0) is 30.7 Å². The lowest BCUT2D eigenvalue weighted by Crippen LogP contribution is -2.14. The predicted molar refractivity (Wildman–Crippen MR) is 134 cm³/mol. The monoisotopic (exact) mass is 481 g/mol. The van der Waals surface area contributed by atoms with Gasteiger partial charge in [-0.3, -0.25) is 19.9 Å². The molecule has 1 aliphatic rings. The summed E-state index contributed by atoms with van der Waals surface area (Å²) >= 11 is -6.09. The van der Waals surface area contributed by atoms with Crippen molar-refractivity contribution in [1.82, 2.24) is 24.7 Å². The summed E-state index contributed by atoms with van der Waals surface area (Å²) in [5.41, 5.74) is 2.28. The number of anilines is 1. The Morgan fingerprint density at radius 2 is 2.06 bits per heavy atom. The molecule has 34 heavy (non-hydrogen) atoms. The molecule has 0 saturated carbocycles. The van der Waals surface area contributed by atoms with E-state index < -0.39 is 44.3 Å². The zero-order valence-corrected chi connectivity index (χ0v) is 18.6. The first-order valence-electron chi connectivity index (χ1n) is 12.9. The Bertz CT molecular complexity index is 1770. The van der Waals surface area contributed by atoms with E-state index in [0.29, 0.717) is 5.56 Å². The number of amides is 1. The van der Waals surface area contributed by atoms with Crippen LogP contribution in [0.2, 0.25) is 1.41 Å². The summed E-state index contributed by atoms with van der Waals surface area (Å²) in [4.78, 5) is 35.7. The number of nitro groups is 1. The number of carbonyl (C=O) groups is 1. The van der Waals surface area contributed by atoms with Gasteiger partial charge in [0.2, 0.25) is 0 Å². The number of nitrogens with one attached hydrogen (secondary N) is 1. The standard InChI is InChI=1S/C23H21N7O3S/c1-14-7-8-16(11-24-14)20-26-21(28-23(31)18-9-10-19(34-18)30(32)33)17-12-25-29(22(17)27-20)13-15-5-3-2-4-6-15/h2-12H,13H2,1H3,34H4,(H,26,27,28,31)/i9D,10D,34D3/hD. The largest absolute Gasteiger partial charge is 0.305 e. The minimum Gasteiger partial charge on any atom is -0.305 e. The topological polar surface area (TPSA) is 129 Å². The summed E-state index contributed by atoms with van der Waals surface area (Å²) < 4.78 is 51.0. The number of nitrogens with zero attached hydrogens (tertiary/aromatic N) is 6. The minimum absolute atomic E-state index is 0.0618. The zero-order chi connectivity index (χ0) is 29.0.